The first-order valence-electron chi connectivity index (χ1n) is 6.11. The number of nitrogens with one attached hydrogen (secondary N) is 1. The van der Waals surface area contributed by atoms with Crippen molar-refractivity contribution in [3.63, 3.8) is 0 Å². The van der Waals surface area contributed by atoms with Crippen LogP contribution >= 0.6 is 0 Å². The lowest BCUT2D eigenvalue weighted by atomic mass is 10.0. The van der Waals surface area contributed by atoms with Crippen LogP contribution in [-0.2, 0) is 14.3 Å². The maximum absolute atomic E-state index is 11.9. The lowest BCUT2D eigenvalue weighted by Gasteiger charge is -2.24. The number of hydrogen-bond donors (Lipinski definition) is 2. The molecule has 0 spiro atoms. The Hall–Kier alpha value is -1.10. The van der Waals surface area contributed by atoms with Crippen molar-refractivity contribution in [3.8, 4) is 0 Å². The van der Waals surface area contributed by atoms with Crippen LogP contribution in [0.4, 0.5) is 0 Å². The number of rotatable bonds is 6. The van der Waals surface area contributed by atoms with Crippen molar-refractivity contribution < 1.29 is 19.4 Å². The summed E-state index contributed by atoms with van der Waals surface area (Å²) in [4.78, 5) is 22.3. The fraction of sp³-hybridized carbons (Fsp3) is 0.833. The molecule has 0 aliphatic carbocycles. The van der Waals surface area contributed by atoms with E-state index < -0.39 is 11.6 Å². The minimum atomic E-state index is -0.797. The van der Waals surface area contributed by atoms with Crippen molar-refractivity contribution in [3.05, 3.63) is 0 Å². The predicted molar refractivity (Wildman–Crippen MR) is 62.7 cm³/mol. The van der Waals surface area contributed by atoms with Crippen molar-refractivity contribution in [1.82, 2.24) is 5.32 Å². The number of carbonyl (C=O) groups excluding carboxylic acids is 1. The first-order chi connectivity index (χ1) is 7.94. The molecule has 1 fully saturated rings. The van der Waals surface area contributed by atoms with Crippen LogP contribution in [0.25, 0.3) is 0 Å². The molecule has 0 aromatic rings. The van der Waals surface area contributed by atoms with E-state index in [1.807, 2.05) is 6.92 Å². The molecule has 1 amide bonds. The Labute approximate surface area is 102 Å². The number of hydrogen-bond acceptors (Lipinski definition) is 3. The Bertz CT molecular complexity index is 284. The third-order valence-electron chi connectivity index (χ3n) is 3.10. The van der Waals surface area contributed by atoms with Crippen LogP contribution in [0.15, 0.2) is 0 Å². The standard InChI is InChI=1S/C12H21NO4/c1-9(5-3-6-10(14)15)13-11(16)12(2)7-4-8-17-12/h9H,3-8H2,1-2H3,(H,13,16)(H,14,15). The highest BCUT2D eigenvalue weighted by Gasteiger charge is 2.37. The van der Waals surface area contributed by atoms with Crippen molar-refractivity contribution in [2.75, 3.05) is 6.61 Å². The summed E-state index contributed by atoms with van der Waals surface area (Å²) in [6.07, 6.45) is 3.06. The van der Waals surface area contributed by atoms with Crippen LogP contribution in [-0.4, -0.2) is 35.2 Å². The van der Waals surface area contributed by atoms with Crippen molar-refractivity contribution >= 4 is 11.9 Å². The highest BCUT2D eigenvalue weighted by Crippen LogP contribution is 2.25. The van der Waals surface area contributed by atoms with E-state index in [2.05, 4.69) is 5.32 Å². The smallest absolute Gasteiger partial charge is 0.303 e. The molecule has 2 unspecified atom stereocenters. The lowest BCUT2D eigenvalue weighted by Crippen LogP contribution is -2.47. The quantitative estimate of drug-likeness (QED) is 0.737. The molecular weight excluding hydrogens is 222 g/mol. The highest BCUT2D eigenvalue weighted by atomic mass is 16.5. The molecule has 0 aromatic heterocycles. The van der Waals surface area contributed by atoms with Gasteiger partial charge in [0.1, 0.15) is 5.60 Å². The summed E-state index contributed by atoms with van der Waals surface area (Å²) in [5.74, 6) is -0.882. The normalized spacial score (nSPS) is 25.5. The van der Waals surface area contributed by atoms with Crippen LogP contribution < -0.4 is 5.32 Å². The van der Waals surface area contributed by atoms with Gasteiger partial charge in [-0.15, -0.1) is 0 Å². The fourth-order valence-corrected chi connectivity index (χ4v) is 1.97. The maximum atomic E-state index is 11.9. The largest absolute Gasteiger partial charge is 0.481 e. The van der Waals surface area contributed by atoms with Crippen molar-refractivity contribution in [2.45, 2.75) is 57.6 Å². The summed E-state index contributed by atoms with van der Waals surface area (Å²) < 4.78 is 5.44. The van der Waals surface area contributed by atoms with Gasteiger partial charge in [0.15, 0.2) is 0 Å². The number of carbonyl (C=O) groups is 2. The number of amides is 1. The molecule has 1 rings (SSSR count). The third kappa shape index (κ3) is 4.34. The van der Waals surface area contributed by atoms with E-state index in [0.717, 1.165) is 12.8 Å². The Kier molecular flexibility index (Phi) is 4.93. The molecule has 0 aromatic carbocycles. The van der Waals surface area contributed by atoms with Gasteiger partial charge in [-0.25, -0.2) is 0 Å². The van der Waals surface area contributed by atoms with Crippen LogP contribution in [0, 0.1) is 0 Å². The van der Waals surface area contributed by atoms with E-state index in [1.165, 1.54) is 0 Å². The monoisotopic (exact) mass is 243 g/mol. The zero-order valence-corrected chi connectivity index (χ0v) is 10.5. The van der Waals surface area contributed by atoms with E-state index in [9.17, 15) is 9.59 Å². The van der Waals surface area contributed by atoms with Gasteiger partial charge < -0.3 is 15.2 Å². The van der Waals surface area contributed by atoms with Gasteiger partial charge >= 0.3 is 5.97 Å². The number of aliphatic carboxylic acids is 1. The average Bonchev–Trinajstić information content (AvgIpc) is 2.66. The minimum absolute atomic E-state index is 0.0112. The second-order valence-electron chi connectivity index (χ2n) is 4.84. The minimum Gasteiger partial charge on any atom is -0.481 e. The summed E-state index contributed by atoms with van der Waals surface area (Å²) in [7, 11) is 0. The van der Waals surface area contributed by atoms with Gasteiger partial charge in [0.05, 0.1) is 0 Å². The van der Waals surface area contributed by atoms with Crippen LogP contribution in [0.5, 0.6) is 0 Å². The molecule has 5 heteroatoms. The van der Waals surface area contributed by atoms with Gasteiger partial charge in [-0.1, -0.05) is 0 Å². The number of carboxylic acids is 1. The van der Waals surface area contributed by atoms with E-state index in [-0.39, 0.29) is 18.4 Å². The first-order valence-corrected chi connectivity index (χ1v) is 6.11. The molecule has 0 radical (unpaired) electrons. The molecule has 1 aliphatic rings. The van der Waals surface area contributed by atoms with E-state index >= 15 is 0 Å². The van der Waals surface area contributed by atoms with Crippen LogP contribution in [0.2, 0.25) is 0 Å². The summed E-state index contributed by atoms with van der Waals surface area (Å²) in [5, 5.41) is 11.4. The number of carboxylic acid groups (broad SMARTS) is 1. The van der Waals surface area contributed by atoms with Crippen LogP contribution in [0.1, 0.15) is 46.0 Å². The Balaban J connectivity index is 2.28. The maximum Gasteiger partial charge on any atom is 0.303 e. The second kappa shape index (κ2) is 6.00. The van der Waals surface area contributed by atoms with E-state index in [1.54, 1.807) is 6.92 Å². The highest BCUT2D eigenvalue weighted by molar-refractivity contribution is 5.85. The second-order valence-corrected chi connectivity index (χ2v) is 4.84. The number of ether oxygens (including phenoxy) is 1. The average molecular weight is 243 g/mol. The Morgan fingerprint density at radius 3 is 2.76 bits per heavy atom. The topological polar surface area (TPSA) is 75.6 Å². The predicted octanol–water partition coefficient (Wildman–Crippen LogP) is 1.32. The summed E-state index contributed by atoms with van der Waals surface area (Å²) in [5.41, 5.74) is -0.693. The Morgan fingerprint density at radius 2 is 2.24 bits per heavy atom. The zero-order chi connectivity index (χ0) is 12.9. The molecule has 0 saturated carbocycles. The first kappa shape index (κ1) is 14.0. The van der Waals surface area contributed by atoms with Crippen LogP contribution in [0.3, 0.4) is 0 Å². The molecule has 98 valence electrons. The molecule has 5 nitrogen and oxygen atoms in total. The van der Waals surface area contributed by atoms with Gasteiger partial charge in [0.2, 0.25) is 0 Å². The summed E-state index contributed by atoms with van der Waals surface area (Å²) >= 11 is 0. The van der Waals surface area contributed by atoms with Crippen molar-refractivity contribution in [1.29, 1.82) is 0 Å². The SMILES string of the molecule is CC(CCCC(=O)O)NC(=O)C1(C)CCCO1. The molecule has 17 heavy (non-hydrogen) atoms. The Morgan fingerprint density at radius 1 is 1.53 bits per heavy atom. The molecule has 1 heterocycles. The van der Waals surface area contributed by atoms with Gasteiger partial charge in [-0.3, -0.25) is 9.59 Å². The molecule has 2 atom stereocenters. The molecule has 1 saturated heterocycles. The van der Waals surface area contributed by atoms with E-state index in [4.69, 9.17) is 9.84 Å². The summed E-state index contributed by atoms with van der Waals surface area (Å²) in [6, 6.07) is -0.0112. The van der Waals surface area contributed by atoms with Gasteiger partial charge in [0, 0.05) is 19.1 Å². The lowest BCUT2D eigenvalue weighted by molar-refractivity contribution is -0.140. The summed E-state index contributed by atoms with van der Waals surface area (Å²) in [6.45, 7) is 4.33. The molecule has 1 aliphatic heterocycles. The van der Waals surface area contributed by atoms with Crippen molar-refractivity contribution in [2.24, 2.45) is 0 Å². The third-order valence-corrected chi connectivity index (χ3v) is 3.10. The van der Waals surface area contributed by atoms with Gasteiger partial charge in [-0.05, 0) is 39.5 Å². The molecule has 2 N–H and O–H groups in total. The zero-order valence-electron chi connectivity index (χ0n) is 10.5. The molecule has 0 bridgehead atoms. The van der Waals surface area contributed by atoms with E-state index in [0.29, 0.717) is 19.4 Å². The fourth-order valence-electron chi connectivity index (χ4n) is 1.97. The van der Waals surface area contributed by atoms with Gasteiger partial charge in [-0.2, -0.15) is 0 Å². The molecular formula is C12H21NO4. The van der Waals surface area contributed by atoms with Gasteiger partial charge in [0.25, 0.3) is 5.91 Å².